The van der Waals surface area contributed by atoms with E-state index in [-0.39, 0.29) is 10.6 Å². The molecule has 0 aliphatic carbocycles. The van der Waals surface area contributed by atoms with Gasteiger partial charge in [-0.15, -0.1) is 6.58 Å². The van der Waals surface area contributed by atoms with Crippen LogP contribution in [-0.4, -0.2) is 0 Å². The fourth-order valence-electron chi connectivity index (χ4n) is 0.966. The van der Waals surface area contributed by atoms with Crippen molar-refractivity contribution in [3.63, 3.8) is 0 Å². The Morgan fingerprint density at radius 3 is 2.62 bits per heavy atom. The van der Waals surface area contributed by atoms with Crippen LogP contribution in [0.4, 0.5) is 8.78 Å². The largest absolute Gasteiger partial charge is 0.321 e. The molecule has 0 spiro atoms. The summed E-state index contributed by atoms with van der Waals surface area (Å²) in [6.07, 6.45) is 1.25. The van der Waals surface area contributed by atoms with E-state index in [2.05, 4.69) is 6.58 Å². The average molecular weight is 204 g/mol. The molecule has 0 fully saturated rings. The van der Waals surface area contributed by atoms with E-state index in [1.165, 1.54) is 6.08 Å². The van der Waals surface area contributed by atoms with Crippen LogP contribution >= 0.6 is 11.6 Å². The molecule has 0 aliphatic heterocycles. The summed E-state index contributed by atoms with van der Waals surface area (Å²) in [6.45, 7) is 3.35. The summed E-state index contributed by atoms with van der Waals surface area (Å²) in [6, 6.07) is 1.34. The number of nitrogens with two attached hydrogens (primary N) is 1. The summed E-state index contributed by atoms with van der Waals surface area (Å²) in [5.74, 6) is -1.54. The maximum atomic E-state index is 13.2. The molecule has 1 atom stereocenters. The zero-order chi connectivity index (χ0) is 10.0. The maximum Gasteiger partial charge on any atom is 0.149 e. The van der Waals surface area contributed by atoms with Gasteiger partial charge in [-0.25, -0.2) is 8.78 Å². The summed E-state index contributed by atoms with van der Waals surface area (Å²) in [4.78, 5) is 0. The molecular weight excluding hydrogens is 196 g/mol. The highest BCUT2D eigenvalue weighted by Crippen LogP contribution is 2.25. The molecule has 1 aromatic rings. The molecule has 4 heteroatoms. The lowest BCUT2D eigenvalue weighted by molar-refractivity contribution is 0.546. The van der Waals surface area contributed by atoms with Gasteiger partial charge in [0.1, 0.15) is 11.6 Å². The zero-order valence-corrected chi connectivity index (χ0v) is 7.48. The first kappa shape index (κ1) is 10.2. The van der Waals surface area contributed by atoms with Crippen molar-refractivity contribution in [3.05, 3.63) is 47.0 Å². The molecule has 0 saturated heterocycles. The van der Waals surface area contributed by atoms with Gasteiger partial charge in [-0.05, 0) is 12.1 Å². The van der Waals surface area contributed by atoms with Crippen molar-refractivity contribution in [2.24, 2.45) is 5.73 Å². The second-order valence-electron chi connectivity index (χ2n) is 2.52. The van der Waals surface area contributed by atoms with E-state index in [1.807, 2.05) is 0 Å². The lowest BCUT2D eigenvalue weighted by Crippen LogP contribution is -2.11. The van der Waals surface area contributed by atoms with Crippen LogP contribution in [0.2, 0.25) is 5.02 Å². The Kier molecular flexibility index (Phi) is 3.01. The smallest absolute Gasteiger partial charge is 0.149 e. The lowest BCUT2D eigenvalue weighted by atomic mass is 10.1. The van der Waals surface area contributed by atoms with Crippen LogP contribution in [0.5, 0.6) is 0 Å². The molecule has 0 bridgehead atoms. The molecule has 0 saturated carbocycles. The number of halogens is 3. The maximum absolute atomic E-state index is 13.2. The van der Waals surface area contributed by atoms with Gasteiger partial charge in [0, 0.05) is 5.56 Å². The summed E-state index contributed by atoms with van der Waals surface area (Å²) in [5, 5.41) is -0.145. The van der Waals surface area contributed by atoms with E-state index >= 15 is 0 Å². The average Bonchev–Trinajstić information content (AvgIpc) is 2.12. The molecule has 1 nitrogen and oxygen atoms in total. The third-order valence-corrected chi connectivity index (χ3v) is 1.96. The van der Waals surface area contributed by atoms with Crippen LogP contribution in [0.3, 0.4) is 0 Å². The first-order valence-electron chi connectivity index (χ1n) is 3.59. The minimum atomic E-state index is -0.876. The molecule has 2 N–H and O–H groups in total. The third-order valence-electron chi connectivity index (χ3n) is 1.67. The molecule has 0 heterocycles. The van der Waals surface area contributed by atoms with Crippen molar-refractivity contribution in [1.82, 2.24) is 0 Å². The van der Waals surface area contributed by atoms with Crippen molar-refractivity contribution in [2.45, 2.75) is 6.04 Å². The van der Waals surface area contributed by atoms with Crippen LogP contribution in [0.15, 0.2) is 24.8 Å². The second-order valence-corrected chi connectivity index (χ2v) is 2.93. The minimum Gasteiger partial charge on any atom is -0.321 e. The summed E-state index contributed by atoms with van der Waals surface area (Å²) in [7, 11) is 0. The first-order valence-corrected chi connectivity index (χ1v) is 3.97. The molecule has 0 unspecified atom stereocenters. The Morgan fingerprint density at radius 1 is 1.46 bits per heavy atom. The van der Waals surface area contributed by atoms with Gasteiger partial charge in [-0.2, -0.15) is 0 Å². The van der Waals surface area contributed by atoms with Gasteiger partial charge in [-0.3, -0.25) is 0 Å². The van der Waals surface area contributed by atoms with Gasteiger partial charge < -0.3 is 5.73 Å². The number of rotatable bonds is 2. The van der Waals surface area contributed by atoms with E-state index < -0.39 is 17.7 Å². The molecule has 1 aromatic carbocycles. The molecule has 1 rings (SSSR count). The van der Waals surface area contributed by atoms with Crippen molar-refractivity contribution in [3.8, 4) is 0 Å². The molecule has 0 amide bonds. The Morgan fingerprint density at radius 2 is 2.08 bits per heavy atom. The number of hydrogen-bond acceptors (Lipinski definition) is 1. The van der Waals surface area contributed by atoms with E-state index in [1.54, 1.807) is 0 Å². The molecule has 0 radical (unpaired) electrons. The first-order chi connectivity index (χ1) is 6.07. The molecule has 0 aliphatic rings. The van der Waals surface area contributed by atoms with E-state index in [0.717, 1.165) is 12.1 Å². The van der Waals surface area contributed by atoms with Gasteiger partial charge in [0.25, 0.3) is 0 Å². The molecule has 70 valence electrons. The topological polar surface area (TPSA) is 26.0 Å². The predicted octanol–water partition coefficient (Wildman–Crippen LogP) is 2.80. The van der Waals surface area contributed by atoms with Crippen molar-refractivity contribution in [1.29, 1.82) is 0 Å². The Bertz CT molecular complexity index is 339. The highest BCUT2D eigenvalue weighted by atomic mass is 35.5. The SMILES string of the molecule is C=C[C@@H](N)c1c(F)ccc(Cl)c1F. The van der Waals surface area contributed by atoms with Crippen LogP contribution in [0.25, 0.3) is 0 Å². The van der Waals surface area contributed by atoms with Gasteiger partial charge in [0.15, 0.2) is 0 Å². The predicted molar refractivity (Wildman–Crippen MR) is 48.5 cm³/mol. The summed E-state index contributed by atoms with van der Waals surface area (Å²) in [5.41, 5.74) is 5.16. The van der Waals surface area contributed by atoms with Gasteiger partial charge >= 0.3 is 0 Å². The monoisotopic (exact) mass is 203 g/mol. The normalized spacial score (nSPS) is 12.6. The minimum absolute atomic E-state index is 0.145. The fourth-order valence-corrected chi connectivity index (χ4v) is 1.13. The van der Waals surface area contributed by atoms with Crippen LogP contribution in [-0.2, 0) is 0 Å². The quantitative estimate of drug-likeness (QED) is 0.581. The van der Waals surface area contributed by atoms with Crippen molar-refractivity contribution in [2.75, 3.05) is 0 Å². The van der Waals surface area contributed by atoms with E-state index in [0.29, 0.717) is 0 Å². The Balaban J connectivity index is 3.32. The van der Waals surface area contributed by atoms with Crippen LogP contribution < -0.4 is 5.73 Å². The van der Waals surface area contributed by atoms with Gasteiger partial charge in [0.2, 0.25) is 0 Å². The summed E-state index contributed by atoms with van der Waals surface area (Å²) < 4.78 is 26.2. The standard InChI is InChI=1S/C9H8ClF2N/c1-2-7(13)8-6(11)4-3-5(10)9(8)12/h2-4,7H,1,13H2/t7-/m1/s1. The number of hydrogen-bond donors (Lipinski definition) is 1. The van der Waals surface area contributed by atoms with Crippen LogP contribution in [0, 0.1) is 11.6 Å². The molecular formula is C9H8ClF2N. The van der Waals surface area contributed by atoms with Crippen molar-refractivity contribution < 1.29 is 8.78 Å². The van der Waals surface area contributed by atoms with E-state index in [4.69, 9.17) is 17.3 Å². The fraction of sp³-hybridized carbons (Fsp3) is 0.111. The van der Waals surface area contributed by atoms with Crippen LogP contribution in [0.1, 0.15) is 11.6 Å². The van der Waals surface area contributed by atoms with E-state index in [9.17, 15) is 8.78 Å². The summed E-state index contributed by atoms with van der Waals surface area (Å²) >= 11 is 5.46. The zero-order valence-electron chi connectivity index (χ0n) is 6.73. The third kappa shape index (κ3) is 1.87. The van der Waals surface area contributed by atoms with Crippen molar-refractivity contribution >= 4 is 11.6 Å². The lowest BCUT2D eigenvalue weighted by Gasteiger charge is -2.09. The molecule has 13 heavy (non-hydrogen) atoms. The highest BCUT2D eigenvalue weighted by molar-refractivity contribution is 6.30. The second kappa shape index (κ2) is 3.85. The Hall–Kier alpha value is -0.930. The molecule has 0 aromatic heterocycles. The van der Waals surface area contributed by atoms with Gasteiger partial charge in [0.05, 0.1) is 11.1 Å². The number of benzene rings is 1. The van der Waals surface area contributed by atoms with Gasteiger partial charge in [-0.1, -0.05) is 17.7 Å². The highest BCUT2D eigenvalue weighted by Gasteiger charge is 2.16. The Labute approximate surface area is 79.8 Å².